The van der Waals surface area contributed by atoms with Crippen molar-refractivity contribution >= 4 is 11.9 Å². The Hall–Kier alpha value is -1.84. The summed E-state index contributed by atoms with van der Waals surface area (Å²) in [5, 5.41) is 9.33. The van der Waals surface area contributed by atoms with Crippen molar-refractivity contribution in [3.05, 3.63) is 35.4 Å². The number of unbranched alkanes of at least 4 members (excludes halogenated alkanes) is 8. The largest absolute Gasteiger partial charge is 0.478 e. The second-order valence-electron chi connectivity index (χ2n) is 8.82. The summed E-state index contributed by atoms with van der Waals surface area (Å²) in [7, 11) is 0. The molecule has 1 aromatic carbocycles. The van der Waals surface area contributed by atoms with Gasteiger partial charge in [0.05, 0.1) is 11.1 Å². The molecule has 0 saturated heterocycles. The number of benzene rings is 1. The normalized spacial score (nSPS) is 12.1. The van der Waals surface area contributed by atoms with Crippen LogP contribution in [0.25, 0.3) is 0 Å². The van der Waals surface area contributed by atoms with E-state index in [1.165, 1.54) is 57.1 Å². The number of carbonyl (C=O) groups is 2. The molecule has 0 saturated carbocycles. The van der Waals surface area contributed by atoms with Gasteiger partial charge in [0.15, 0.2) is 0 Å². The highest BCUT2D eigenvalue weighted by Crippen LogP contribution is 2.19. The Bertz CT molecular complexity index is 609. The van der Waals surface area contributed by atoms with Crippen molar-refractivity contribution in [2.24, 2.45) is 5.92 Å². The van der Waals surface area contributed by atoms with E-state index in [1.807, 2.05) is 0 Å². The van der Waals surface area contributed by atoms with Crippen LogP contribution >= 0.6 is 0 Å². The standard InChI is InChI=1S/C26H42O4/c1-4-5-6-12-17-22(18-13-10-8-7-9-11-16-21(2)3)30-26(29)24-20-15-14-19-23(24)25(27)28/h14-15,19-22H,4-13,16-18H2,1-3H3,(H,27,28). The number of carboxylic acids is 1. The maximum Gasteiger partial charge on any atom is 0.339 e. The summed E-state index contributed by atoms with van der Waals surface area (Å²) >= 11 is 0. The lowest BCUT2D eigenvalue weighted by molar-refractivity contribution is 0.0244. The maximum atomic E-state index is 12.6. The monoisotopic (exact) mass is 418 g/mol. The van der Waals surface area contributed by atoms with Gasteiger partial charge >= 0.3 is 11.9 Å². The molecular formula is C26H42O4. The smallest absolute Gasteiger partial charge is 0.339 e. The van der Waals surface area contributed by atoms with Gasteiger partial charge in [-0.15, -0.1) is 0 Å². The molecule has 1 N–H and O–H groups in total. The van der Waals surface area contributed by atoms with Crippen molar-refractivity contribution < 1.29 is 19.4 Å². The van der Waals surface area contributed by atoms with Crippen LogP contribution in [-0.2, 0) is 4.74 Å². The molecule has 0 aliphatic rings. The van der Waals surface area contributed by atoms with Gasteiger partial charge in [-0.3, -0.25) is 0 Å². The third-order valence-corrected chi connectivity index (χ3v) is 5.59. The number of esters is 1. The number of hydrogen-bond acceptors (Lipinski definition) is 3. The number of aromatic carboxylic acids is 1. The topological polar surface area (TPSA) is 63.6 Å². The van der Waals surface area contributed by atoms with Gasteiger partial charge in [0, 0.05) is 0 Å². The van der Waals surface area contributed by atoms with Crippen LogP contribution in [0.2, 0.25) is 0 Å². The summed E-state index contributed by atoms with van der Waals surface area (Å²) in [4.78, 5) is 24.1. The first kappa shape index (κ1) is 26.2. The number of ether oxygens (including phenoxy) is 1. The van der Waals surface area contributed by atoms with Crippen LogP contribution in [-0.4, -0.2) is 23.1 Å². The van der Waals surface area contributed by atoms with Crippen molar-refractivity contribution in [2.45, 2.75) is 110 Å². The minimum absolute atomic E-state index is 0.00799. The minimum Gasteiger partial charge on any atom is -0.478 e. The van der Waals surface area contributed by atoms with Gasteiger partial charge < -0.3 is 9.84 Å². The number of carbonyl (C=O) groups excluding carboxylic acids is 1. The Balaban J connectivity index is 2.49. The lowest BCUT2D eigenvalue weighted by Crippen LogP contribution is -2.20. The van der Waals surface area contributed by atoms with Crippen LogP contribution in [0.5, 0.6) is 0 Å². The summed E-state index contributed by atoms with van der Waals surface area (Å²) < 4.78 is 5.78. The predicted molar refractivity (Wildman–Crippen MR) is 123 cm³/mol. The fraction of sp³-hybridized carbons (Fsp3) is 0.692. The number of rotatable bonds is 17. The average Bonchev–Trinajstić information content (AvgIpc) is 2.72. The molecule has 170 valence electrons. The first-order valence-corrected chi connectivity index (χ1v) is 12.0. The highest BCUT2D eigenvalue weighted by molar-refractivity contribution is 6.02. The van der Waals surface area contributed by atoms with E-state index >= 15 is 0 Å². The lowest BCUT2D eigenvalue weighted by Gasteiger charge is -2.19. The van der Waals surface area contributed by atoms with Crippen LogP contribution in [0.1, 0.15) is 125 Å². The van der Waals surface area contributed by atoms with E-state index in [4.69, 9.17) is 4.74 Å². The molecule has 1 aromatic rings. The molecule has 1 atom stereocenters. The summed E-state index contributed by atoms with van der Waals surface area (Å²) in [5.74, 6) is -0.818. The number of hydrogen-bond donors (Lipinski definition) is 1. The highest BCUT2D eigenvalue weighted by Gasteiger charge is 2.20. The molecule has 0 aliphatic heterocycles. The first-order valence-electron chi connectivity index (χ1n) is 12.0. The van der Waals surface area contributed by atoms with Gasteiger partial charge in [-0.05, 0) is 43.7 Å². The molecule has 0 amide bonds. The van der Waals surface area contributed by atoms with E-state index in [-0.39, 0.29) is 17.2 Å². The van der Waals surface area contributed by atoms with Gasteiger partial charge in [0.1, 0.15) is 6.10 Å². The van der Waals surface area contributed by atoms with E-state index < -0.39 is 11.9 Å². The van der Waals surface area contributed by atoms with Crippen LogP contribution in [0.3, 0.4) is 0 Å². The fourth-order valence-corrected chi connectivity index (χ4v) is 3.76. The van der Waals surface area contributed by atoms with Crippen LogP contribution in [0.15, 0.2) is 24.3 Å². The van der Waals surface area contributed by atoms with E-state index in [0.29, 0.717) is 0 Å². The molecule has 0 radical (unpaired) electrons. The molecule has 4 heteroatoms. The van der Waals surface area contributed by atoms with Crippen molar-refractivity contribution in [2.75, 3.05) is 0 Å². The van der Waals surface area contributed by atoms with Crippen LogP contribution in [0.4, 0.5) is 0 Å². The zero-order valence-electron chi connectivity index (χ0n) is 19.3. The van der Waals surface area contributed by atoms with Crippen molar-refractivity contribution in [1.82, 2.24) is 0 Å². The molecule has 0 spiro atoms. The van der Waals surface area contributed by atoms with Crippen LogP contribution < -0.4 is 0 Å². The van der Waals surface area contributed by atoms with Crippen molar-refractivity contribution in [3.63, 3.8) is 0 Å². The van der Waals surface area contributed by atoms with Crippen molar-refractivity contribution in [1.29, 1.82) is 0 Å². The van der Waals surface area contributed by atoms with Gasteiger partial charge in [-0.2, -0.15) is 0 Å². The molecule has 0 aromatic heterocycles. The Labute approximate surface area is 183 Å². The Morgan fingerprint density at radius 2 is 1.30 bits per heavy atom. The lowest BCUT2D eigenvalue weighted by atomic mass is 10.0. The maximum absolute atomic E-state index is 12.6. The molecule has 4 nitrogen and oxygen atoms in total. The Kier molecular flexibility index (Phi) is 13.9. The third kappa shape index (κ3) is 11.4. The second kappa shape index (κ2) is 15.9. The predicted octanol–water partition coefficient (Wildman–Crippen LogP) is 7.66. The zero-order chi connectivity index (χ0) is 22.2. The highest BCUT2D eigenvalue weighted by atomic mass is 16.5. The fourth-order valence-electron chi connectivity index (χ4n) is 3.76. The van der Waals surface area contributed by atoms with E-state index in [0.717, 1.165) is 44.4 Å². The Morgan fingerprint density at radius 3 is 1.83 bits per heavy atom. The average molecular weight is 419 g/mol. The van der Waals surface area contributed by atoms with Gasteiger partial charge in [0.25, 0.3) is 0 Å². The Morgan fingerprint density at radius 1 is 0.800 bits per heavy atom. The summed E-state index contributed by atoms with van der Waals surface area (Å²) in [5.41, 5.74) is 0.155. The SMILES string of the molecule is CCCCCCC(CCCCCCCCC(C)C)OC(=O)c1ccccc1C(=O)O. The minimum atomic E-state index is -1.10. The first-order chi connectivity index (χ1) is 14.5. The van der Waals surface area contributed by atoms with E-state index in [2.05, 4.69) is 20.8 Å². The van der Waals surface area contributed by atoms with E-state index in [9.17, 15) is 14.7 Å². The molecule has 1 unspecified atom stereocenters. The zero-order valence-corrected chi connectivity index (χ0v) is 19.3. The van der Waals surface area contributed by atoms with E-state index in [1.54, 1.807) is 12.1 Å². The molecule has 0 bridgehead atoms. The quantitative estimate of drug-likeness (QED) is 0.208. The van der Waals surface area contributed by atoms with Crippen molar-refractivity contribution in [3.8, 4) is 0 Å². The summed E-state index contributed by atoms with van der Waals surface area (Å²) in [6.45, 7) is 6.73. The second-order valence-corrected chi connectivity index (χ2v) is 8.82. The van der Waals surface area contributed by atoms with Gasteiger partial charge in [-0.25, -0.2) is 9.59 Å². The summed E-state index contributed by atoms with van der Waals surface area (Å²) in [6, 6.07) is 6.30. The van der Waals surface area contributed by atoms with Gasteiger partial charge in [0.2, 0.25) is 0 Å². The third-order valence-electron chi connectivity index (χ3n) is 5.59. The van der Waals surface area contributed by atoms with Gasteiger partial charge in [-0.1, -0.05) is 90.7 Å². The molecule has 1 rings (SSSR count). The molecule has 30 heavy (non-hydrogen) atoms. The molecule has 0 fully saturated rings. The molecule has 0 heterocycles. The van der Waals surface area contributed by atoms with Crippen LogP contribution in [0, 0.1) is 5.92 Å². The number of carboxylic acid groups (broad SMARTS) is 1. The molecular weight excluding hydrogens is 376 g/mol. The molecule has 0 aliphatic carbocycles. The summed E-state index contributed by atoms with van der Waals surface area (Å²) in [6.07, 6.45) is 14.8.